The summed E-state index contributed by atoms with van der Waals surface area (Å²) in [5.41, 5.74) is 1.41. The Morgan fingerprint density at radius 2 is 1.92 bits per heavy atom. The van der Waals surface area contributed by atoms with Crippen molar-refractivity contribution in [3.8, 4) is 39.9 Å². The third-order valence-corrected chi connectivity index (χ3v) is 8.53. The minimum Gasteiger partial charge on any atom is -0.507 e. The van der Waals surface area contributed by atoms with Crippen molar-refractivity contribution < 1.29 is 19.0 Å². The third kappa shape index (κ3) is 3.93. The molecule has 2 saturated heterocycles. The molecule has 1 saturated carbocycles. The van der Waals surface area contributed by atoms with Crippen LogP contribution in [0.15, 0.2) is 36.7 Å². The fraction of sp³-hybridized carbons (Fsp3) is 0.500. The number of aromatic hydroxyl groups is 1. The monoisotopic (exact) mass is 518 g/mol. The van der Waals surface area contributed by atoms with Crippen LogP contribution in [0.25, 0.3) is 22.5 Å². The minimum absolute atomic E-state index is 0.0321. The number of rotatable bonds is 5. The van der Waals surface area contributed by atoms with Gasteiger partial charge < -0.3 is 24.8 Å². The number of hydrogen-bond acceptors (Lipinski definition) is 9. The van der Waals surface area contributed by atoms with E-state index in [1.165, 1.54) is 0 Å². The largest absolute Gasteiger partial charge is 0.507 e. The molecule has 2 bridgehead atoms. The summed E-state index contributed by atoms with van der Waals surface area (Å²) in [7, 11) is 0. The van der Waals surface area contributed by atoms with E-state index in [4.69, 9.17) is 9.47 Å². The van der Waals surface area contributed by atoms with E-state index in [1.54, 1.807) is 24.5 Å². The number of nitrogens with zero attached hydrogens (tertiary/aromatic N) is 5. The Labute approximate surface area is 220 Å². The van der Waals surface area contributed by atoms with E-state index in [9.17, 15) is 5.11 Å². The molecule has 1 aromatic carbocycles. The Kier molecular flexibility index (Phi) is 5.27. The van der Waals surface area contributed by atoms with Crippen LogP contribution < -0.4 is 19.7 Å². The number of hydrogen-bond donors (Lipinski definition) is 2. The zero-order valence-electron chi connectivity index (χ0n) is 21.5. The topological polar surface area (TPSA) is 106 Å². The normalized spacial score (nSPS) is 29.8. The maximum atomic E-state index is 16.0. The van der Waals surface area contributed by atoms with E-state index in [1.807, 2.05) is 19.1 Å². The zero-order valence-corrected chi connectivity index (χ0v) is 21.5. The molecule has 198 valence electrons. The summed E-state index contributed by atoms with van der Waals surface area (Å²) in [4.78, 5) is 10.9. The molecule has 0 amide bonds. The number of pyridine rings is 1. The van der Waals surface area contributed by atoms with Crippen molar-refractivity contribution in [1.82, 2.24) is 25.5 Å². The van der Waals surface area contributed by atoms with Crippen molar-refractivity contribution in [2.45, 2.75) is 81.7 Å². The predicted octanol–water partition coefficient (Wildman–Crippen LogP) is 4.41. The lowest BCUT2D eigenvalue weighted by Crippen LogP contribution is -2.73. The van der Waals surface area contributed by atoms with Gasteiger partial charge in [0.05, 0.1) is 17.8 Å². The Morgan fingerprint density at radius 3 is 2.68 bits per heavy atom. The average Bonchev–Trinajstić information content (AvgIpc) is 3.62. The summed E-state index contributed by atoms with van der Waals surface area (Å²) in [6.45, 7) is 4.38. The quantitative estimate of drug-likeness (QED) is 0.508. The van der Waals surface area contributed by atoms with Crippen LogP contribution in [0.3, 0.4) is 0 Å². The fourth-order valence-electron chi connectivity index (χ4n) is 6.59. The summed E-state index contributed by atoms with van der Waals surface area (Å²) in [6.07, 6.45) is 8.01. The number of benzene rings is 1. The van der Waals surface area contributed by atoms with Crippen molar-refractivity contribution in [2.24, 2.45) is 0 Å². The molecule has 0 spiro atoms. The number of piperidine rings is 2. The molecular formula is C28H31FN6O3. The first-order valence-electron chi connectivity index (χ1n) is 13.3. The lowest BCUT2D eigenvalue weighted by molar-refractivity contribution is 0.000258. The first-order chi connectivity index (χ1) is 18.3. The number of nitrogens with one attached hydrogen (secondary N) is 1. The van der Waals surface area contributed by atoms with Gasteiger partial charge in [-0.3, -0.25) is 0 Å². The summed E-state index contributed by atoms with van der Waals surface area (Å²) in [5, 5.41) is 23.3. The molecule has 2 aromatic heterocycles. The molecule has 0 radical (unpaired) electrons. The Balaban J connectivity index is 1.16. The van der Waals surface area contributed by atoms with Crippen LogP contribution in [0, 0.1) is 0 Å². The van der Waals surface area contributed by atoms with Gasteiger partial charge in [0, 0.05) is 28.9 Å². The number of aromatic nitrogens is 4. The molecule has 3 aromatic rings. The molecule has 0 unspecified atom stereocenters. The van der Waals surface area contributed by atoms with Gasteiger partial charge in [-0.25, -0.2) is 14.4 Å². The Hall–Kier alpha value is -3.53. The van der Waals surface area contributed by atoms with Crippen LogP contribution in [0.1, 0.15) is 52.4 Å². The van der Waals surface area contributed by atoms with Crippen molar-refractivity contribution in [1.29, 1.82) is 0 Å². The van der Waals surface area contributed by atoms with Gasteiger partial charge in [0.2, 0.25) is 6.79 Å². The molecule has 10 heteroatoms. The summed E-state index contributed by atoms with van der Waals surface area (Å²) < 4.78 is 26.7. The lowest BCUT2D eigenvalue weighted by Gasteiger charge is -2.57. The van der Waals surface area contributed by atoms with Gasteiger partial charge in [0.25, 0.3) is 5.88 Å². The molecule has 1 aliphatic carbocycles. The number of anilines is 1. The standard InChI is InChI=1S/C28H31FN6O3/c1-27-8-3-9-28(2,34-27)24(29)20(12-27)35(18-5-6-18)23-14-30-25(33-32-23)19-7-4-16(10-21(19)36)17-11-22-26(31-13-17)38-15-37-22/h4,7,10-11,13-14,18,20,24,34,36H,3,5-6,8-9,12,15H2,1-2H3/t20-,24-,27-,28+/m0/s1. The van der Waals surface area contributed by atoms with Crippen LogP contribution in [-0.4, -0.2) is 61.4 Å². The van der Waals surface area contributed by atoms with E-state index in [2.05, 4.69) is 37.3 Å². The molecule has 3 fully saturated rings. The van der Waals surface area contributed by atoms with Crippen LogP contribution in [0.2, 0.25) is 0 Å². The van der Waals surface area contributed by atoms with Crippen LogP contribution in [0.5, 0.6) is 17.4 Å². The molecule has 4 atom stereocenters. The van der Waals surface area contributed by atoms with E-state index in [0.29, 0.717) is 28.8 Å². The molecule has 3 aliphatic heterocycles. The molecule has 2 N–H and O–H groups in total. The SMILES string of the molecule is C[C@@]12CCC[C@@](C)(N1)[C@@H](F)[C@@H](N(c1cnc(-c3ccc(-c4cnc5c(c4)OCO5)cc3O)nn1)C1CC1)C2. The third-order valence-electron chi connectivity index (χ3n) is 8.53. The van der Waals surface area contributed by atoms with Gasteiger partial charge in [-0.1, -0.05) is 6.07 Å². The van der Waals surface area contributed by atoms with Crippen LogP contribution in [0.4, 0.5) is 10.2 Å². The number of halogens is 1. The van der Waals surface area contributed by atoms with Crippen molar-refractivity contribution in [2.75, 3.05) is 11.7 Å². The lowest BCUT2D eigenvalue weighted by atomic mass is 9.68. The highest BCUT2D eigenvalue weighted by molar-refractivity contribution is 5.73. The van der Waals surface area contributed by atoms with Crippen molar-refractivity contribution >= 4 is 5.82 Å². The zero-order chi connectivity index (χ0) is 26.1. The molecule has 5 heterocycles. The molecular weight excluding hydrogens is 487 g/mol. The molecule has 38 heavy (non-hydrogen) atoms. The van der Waals surface area contributed by atoms with E-state index in [-0.39, 0.29) is 30.2 Å². The average molecular weight is 519 g/mol. The predicted molar refractivity (Wildman–Crippen MR) is 139 cm³/mol. The summed E-state index contributed by atoms with van der Waals surface area (Å²) in [5.74, 6) is 1.98. The number of ether oxygens (including phenoxy) is 2. The van der Waals surface area contributed by atoms with E-state index >= 15 is 4.39 Å². The Bertz CT molecular complexity index is 1390. The van der Waals surface area contributed by atoms with E-state index in [0.717, 1.165) is 49.7 Å². The highest BCUT2D eigenvalue weighted by atomic mass is 19.1. The molecule has 9 nitrogen and oxygen atoms in total. The van der Waals surface area contributed by atoms with Gasteiger partial charge >= 0.3 is 0 Å². The summed E-state index contributed by atoms with van der Waals surface area (Å²) in [6, 6.07) is 7.09. The van der Waals surface area contributed by atoms with Crippen molar-refractivity contribution in [3.05, 3.63) is 36.7 Å². The van der Waals surface area contributed by atoms with Crippen LogP contribution >= 0.6 is 0 Å². The van der Waals surface area contributed by atoms with Gasteiger partial charge in [0.15, 0.2) is 17.4 Å². The second-order valence-electron chi connectivity index (χ2n) is 11.6. The highest BCUT2D eigenvalue weighted by Crippen LogP contribution is 2.46. The second kappa shape index (κ2) is 8.49. The second-order valence-corrected chi connectivity index (χ2v) is 11.6. The maximum absolute atomic E-state index is 16.0. The Morgan fingerprint density at radius 1 is 1.05 bits per heavy atom. The molecule has 4 aliphatic rings. The smallest absolute Gasteiger partial charge is 0.260 e. The first kappa shape index (κ1) is 23.6. The van der Waals surface area contributed by atoms with E-state index < -0.39 is 11.7 Å². The van der Waals surface area contributed by atoms with Crippen molar-refractivity contribution in [3.63, 3.8) is 0 Å². The van der Waals surface area contributed by atoms with Gasteiger partial charge in [-0.2, -0.15) is 0 Å². The maximum Gasteiger partial charge on any atom is 0.260 e. The summed E-state index contributed by atoms with van der Waals surface area (Å²) >= 11 is 0. The van der Waals surface area contributed by atoms with Crippen LogP contribution in [-0.2, 0) is 0 Å². The molecule has 7 rings (SSSR count). The van der Waals surface area contributed by atoms with Gasteiger partial charge in [0.1, 0.15) is 11.9 Å². The minimum atomic E-state index is -1.01. The number of alkyl halides is 1. The van der Waals surface area contributed by atoms with Gasteiger partial charge in [-0.05, 0) is 76.1 Å². The number of phenolic OH excluding ortho intramolecular Hbond substituents is 1. The fourth-order valence-corrected chi connectivity index (χ4v) is 6.59. The first-order valence-corrected chi connectivity index (χ1v) is 13.3. The number of fused-ring (bicyclic) bond motifs is 3. The number of phenols is 1. The highest BCUT2D eigenvalue weighted by Gasteiger charge is 2.55. The van der Waals surface area contributed by atoms with Gasteiger partial charge in [-0.15, -0.1) is 10.2 Å².